The molecule has 0 fully saturated rings. The van der Waals surface area contributed by atoms with E-state index in [0.717, 1.165) is 5.56 Å². The van der Waals surface area contributed by atoms with Gasteiger partial charge in [-0.1, -0.05) is 18.2 Å². The quantitative estimate of drug-likeness (QED) is 0.749. The lowest BCUT2D eigenvalue weighted by Crippen LogP contribution is -2.08. The van der Waals surface area contributed by atoms with Crippen LogP contribution < -0.4 is 4.74 Å². The number of hydrogen-bond acceptors (Lipinski definition) is 2. The van der Waals surface area contributed by atoms with Crippen molar-refractivity contribution in [1.82, 2.24) is 0 Å². The molecule has 0 atom stereocenters. The van der Waals surface area contributed by atoms with Crippen LogP contribution in [0.2, 0.25) is 0 Å². The van der Waals surface area contributed by atoms with Gasteiger partial charge in [0.2, 0.25) is 0 Å². The number of carbonyl (C=O) groups excluding carboxylic acids is 1. The van der Waals surface area contributed by atoms with Gasteiger partial charge in [0.25, 0.3) is 0 Å². The molecule has 2 rings (SSSR count). The Kier molecular flexibility index (Phi) is 4.90. The van der Waals surface area contributed by atoms with Crippen molar-refractivity contribution in [2.75, 3.05) is 6.61 Å². The summed E-state index contributed by atoms with van der Waals surface area (Å²) < 4.78 is 19.5. The van der Waals surface area contributed by atoms with Crippen LogP contribution in [0, 0.1) is 12.7 Å². The first-order valence-electron chi connectivity index (χ1n) is 6.24. The predicted octanol–water partition coefficient (Wildman–Crippen LogP) is 4.55. The monoisotopic (exact) mass is 336 g/mol. The minimum absolute atomic E-state index is 0.0900. The van der Waals surface area contributed by atoms with Gasteiger partial charge in [-0.2, -0.15) is 0 Å². The van der Waals surface area contributed by atoms with E-state index in [2.05, 4.69) is 15.9 Å². The summed E-state index contributed by atoms with van der Waals surface area (Å²) in [4.78, 5) is 11.9. The zero-order valence-corrected chi connectivity index (χ0v) is 12.6. The van der Waals surface area contributed by atoms with Crippen molar-refractivity contribution in [3.63, 3.8) is 0 Å². The molecule has 104 valence electrons. The van der Waals surface area contributed by atoms with Crippen LogP contribution in [-0.2, 0) is 0 Å². The van der Waals surface area contributed by atoms with Crippen molar-refractivity contribution in [1.29, 1.82) is 0 Å². The lowest BCUT2D eigenvalue weighted by molar-refractivity contribution is 0.0958. The number of rotatable bonds is 5. The molecule has 0 unspecified atom stereocenters. The first-order chi connectivity index (χ1) is 9.58. The van der Waals surface area contributed by atoms with E-state index in [1.165, 1.54) is 6.07 Å². The molecular formula is C16H14BrFO2. The Morgan fingerprint density at radius 3 is 2.75 bits per heavy atom. The number of aryl methyl sites for hydroxylation is 1. The molecule has 0 N–H and O–H groups in total. The summed E-state index contributed by atoms with van der Waals surface area (Å²) in [6.45, 7) is 2.20. The number of Topliss-reactive ketones (excluding diaryl/α,β-unsaturated/α-hetero) is 1. The number of carbonyl (C=O) groups is 1. The van der Waals surface area contributed by atoms with E-state index < -0.39 is 5.82 Å². The summed E-state index contributed by atoms with van der Waals surface area (Å²) in [5.74, 6) is -0.0722. The minimum atomic E-state index is -0.520. The third-order valence-corrected chi connectivity index (χ3v) is 3.45. The zero-order valence-electron chi connectivity index (χ0n) is 11.0. The average Bonchev–Trinajstić information content (AvgIpc) is 2.42. The van der Waals surface area contributed by atoms with Gasteiger partial charge < -0.3 is 4.74 Å². The Morgan fingerprint density at radius 2 is 2.00 bits per heavy atom. The second-order valence-corrected chi connectivity index (χ2v) is 5.29. The van der Waals surface area contributed by atoms with Crippen LogP contribution in [0.5, 0.6) is 5.75 Å². The van der Waals surface area contributed by atoms with Gasteiger partial charge in [-0.25, -0.2) is 4.39 Å². The van der Waals surface area contributed by atoms with Crippen LogP contribution in [-0.4, -0.2) is 12.4 Å². The molecule has 0 radical (unpaired) electrons. The van der Waals surface area contributed by atoms with E-state index in [4.69, 9.17) is 4.74 Å². The molecule has 0 saturated heterocycles. The summed E-state index contributed by atoms with van der Waals surface area (Å²) in [5.41, 5.74) is 1.18. The van der Waals surface area contributed by atoms with Gasteiger partial charge in [-0.15, -0.1) is 0 Å². The second-order valence-electron chi connectivity index (χ2n) is 4.44. The molecule has 0 saturated carbocycles. The lowest BCUT2D eigenvalue weighted by atomic mass is 10.1. The third-order valence-electron chi connectivity index (χ3n) is 2.84. The number of ketones is 1. The predicted molar refractivity (Wildman–Crippen MR) is 79.7 cm³/mol. The smallest absolute Gasteiger partial charge is 0.169 e. The maximum Gasteiger partial charge on any atom is 0.169 e. The molecule has 4 heteroatoms. The normalized spacial score (nSPS) is 10.3. The van der Waals surface area contributed by atoms with Crippen molar-refractivity contribution in [2.24, 2.45) is 0 Å². The van der Waals surface area contributed by atoms with Crippen molar-refractivity contribution in [3.05, 3.63) is 63.9 Å². The second kappa shape index (κ2) is 6.66. The number of ether oxygens (including phenoxy) is 1. The van der Waals surface area contributed by atoms with Gasteiger partial charge in [0, 0.05) is 6.42 Å². The van der Waals surface area contributed by atoms with E-state index in [1.54, 1.807) is 12.1 Å². The molecule has 0 spiro atoms. The third kappa shape index (κ3) is 3.67. The van der Waals surface area contributed by atoms with Crippen molar-refractivity contribution < 1.29 is 13.9 Å². The van der Waals surface area contributed by atoms with Crippen LogP contribution in [0.15, 0.2) is 46.9 Å². The van der Waals surface area contributed by atoms with Crippen LogP contribution in [0.25, 0.3) is 0 Å². The molecule has 0 bridgehead atoms. The van der Waals surface area contributed by atoms with Crippen LogP contribution >= 0.6 is 15.9 Å². The van der Waals surface area contributed by atoms with E-state index in [0.29, 0.717) is 10.2 Å². The van der Waals surface area contributed by atoms with E-state index in [9.17, 15) is 9.18 Å². The van der Waals surface area contributed by atoms with E-state index in [-0.39, 0.29) is 24.4 Å². The summed E-state index contributed by atoms with van der Waals surface area (Å²) in [6.07, 6.45) is 0.140. The molecule has 0 aliphatic heterocycles. The molecule has 0 aliphatic carbocycles. The Hall–Kier alpha value is -1.68. The molecular weight excluding hydrogens is 323 g/mol. The van der Waals surface area contributed by atoms with Gasteiger partial charge in [0.15, 0.2) is 5.78 Å². The largest absolute Gasteiger partial charge is 0.493 e. The highest BCUT2D eigenvalue weighted by Gasteiger charge is 2.13. The summed E-state index contributed by atoms with van der Waals surface area (Å²) in [6, 6.07) is 12.3. The molecule has 20 heavy (non-hydrogen) atoms. The van der Waals surface area contributed by atoms with Crippen molar-refractivity contribution in [2.45, 2.75) is 13.3 Å². The molecule has 0 heterocycles. The number of benzene rings is 2. The highest BCUT2D eigenvalue weighted by Crippen LogP contribution is 2.20. The van der Waals surface area contributed by atoms with Crippen molar-refractivity contribution >= 4 is 21.7 Å². The SMILES string of the molecule is Cc1cccc(OCCC(=O)c2cccc(Br)c2F)c1. The maximum absolute atomic E-state index is 13.7. The topological polar surface area (TPSA) is 26.3 Å². The van der Waals surface area contributed by atoms with E-state index in [1.807, 2.05) is 31.2 Å². The first kappa shape index (κ1) is 14.7. The molecule has 0 amide bonds. The van der Waals surface area contributed by atoms with Crippen LogP contribution in [0.4, 0.5) is 4.39 Å². The maximum atomic E-state index is 13.7. The molecule has 2 aromatic rings. The summed E-state index contributed by atoms with van der Waals surface area (Å²) in [5, 5.41) is 0. The van der Waals surface area contributed by atoms with Crippen molar-refractivity contribution in [3.8, 4) is 5.75 Å². The first-order valence-corrected chi connectivity index (χ1v) is 7.04. The van der Waals surface area contributed by atoms with Gasteiger partial charge in [0.05, 0.1) is 16.6 Å². The average molecular weight is 337 g/mol. The minimum Gasteiger partial charge on any atom is -0.493 e. The fraction of sp³-hybridized carbons (Fsp3) is 0.188. The molecule has 2 nitrogen and oxygen atoms in total. The highest BCUT2D eigenvalue weighted by molar-refractivity contribution is 9.10. The zero-order chi connectivity index (χ0) is 14.5. The van der Waals surface area contributed by atoms with Gasteiger partial charge in [-0.05, 0) is 52.7 Å². The molecule has 0 aliphatic rings. The summed E-state index contributed by atoms with van der Waals surface area (Å²) in [7, 11) is 0. The fourth-order valence-electron chi connectivity index (χ4n) is 1.82. The Balaban J connectivity index is 1.94. The Labute approximate surface area is 125 Å². The van der Waals surface area contributed by atoms with Gasteiger partial charge in [-0.3, -0.25) is 4.79 Å². The van der Waals surface area contributed by atoms with Gasteiger partial charge in [0.1, 0.15) is 11.6 Å². The lowest BCUT2D eigenvalue weighted by Gasteiger charge is -2.07. The molecule has 2 aromatic carbocycles. The fourth-order valence-corrected chi connectivity index (χ4v) is 2.19. The van der Waals surface area contributed by atoms with Gasteiger partial charge >= 0.3 is 0 Å². The number of hydrogen-bond donors (Lipinski definition) is 0. The van der Waals surface area contributed by atoms with Crippen LogP contribution in [0.1, 0.15) is 22.3 Å². The standard InChI is InChI=1S/C16H14BrFO2/c1-11-4-2-5-12(10-11)20-9-8-15(19)13-6-3-7-14(17)16(13)18/h2-7,10H,8-9H2,1H3. The number of halogens is 2. The highest BCUT2D eigenvalue weighted by atomic mass is 79.9. The summed E-state index contributed by atoms with van der Waals surface area (Å²) >= 11 is 3.07. The van der Waals surface area contributed by atoms with E-state index >= 15 is 0 Å². The van der Waals surface area contributed by atoms with Crippen LogP contribution in [0.3, 0.4) is 0 Å². The Bertz CT molecular complexity index is 626. The molecule has 0 aromatic heterocycles. The Morgan fingerprint density at radius 1 is 1.25 bits per heavy atom.